The van der Waals surface area contributed by atoms with Crippen LogP contribution in [0.4, 0.5) is 0 Å². The Labute approximate surface area is 121 Å². The molecule has 110 valence electrons. The van der Waals surface area contributed by atoms with Crippen LogP contribution in [0.15, 0.2) is 18.2 Å². The van der Waals surface area contributed by atoms with Crippen molar-refractivity contribution in [3.63, 3.8) is 0 Å². The number of phenols is 1. The van der Waals surface area contributed by atoms with Gasteiger partial charge in [-0.3, -0.25) is 9.69 Å². The Bertz CT molecular complexity index is 476. The van der Waals surface area contributed by atoms with Crippen molar-refractivity contribution in [2.45, 2.75) is 52.1 Å². The van der Waals surface area contributed by atoms with E-state index in [-0.39, 0.29) is 11.5 Å². The molecule has 0 radical (unpaired) electrons. The van der Waals surface area contributed by atoms with Gasteiger partial charge in [0.05, 0.1) is 0 Å². The molecule has 0 heterocycles. The lowest BCUT2D eigenvalue weighted by Crippen LogP contribution is -2.34. The second-order valence-corrected chi connectivity index (χ2v) is 6.23. The van der Waals surface area contributed by atoms with Gasteiger partial charge in [-0.1, -0.05) is 6.92 Å². The minimum atomic E-state index is 0.0420. The molecule has 1 aliphatic rings. The minimum Gasteiger partial charge on any atom is -0.508 e. The van der Waals surface area contributed by atoms with Crippen LogP contribution in [0.2, 0.25) is 0 Å². The van der Waals surface area contributed by atoms with Gasteiger partial charge in [0.25, 0.3) is 0 Å². The Morgan fingerprint density at radius 3 is 2.55 bits per heavy atom. The summed E-state index contributed by atoms with van der Waals surface area (Å²) in [7, 11) is 2.11. The fourth-order valence-corrected chi connectivity index (χ4v) is 3.01. The molecular weight excluding hydrogens is 250 g/mol. The van der Waals surface area contributed by atoms with Crippen LogP contribution >= 0.6 is 0 Å². The lowest BCUT2D eigenvalue weighted by Gasteiger charge is -2.33. The average molecular weight is 275 g/mol. The summed E-state index contributed by atoms with van der Waals surface area (Å²) < 4.78 is 0. The summed E-state index contributed by atoms with van der Waals surface area (Å²) in [6, 6.07) is 5.72. The van der Waals surface area contributed by atoms with E-state index in [0.717, 1.165) is 11.5 Å². The van der Waals surface area contributed by atoms with E-state index >= 15 is 0 Å². The zero-order valence-electron chi connectivity index (χ0n) is 12.7. The molecular formula is C17H25NO2. The predicted octanol–water partition coefficient (Wildman–Crippen LogP) is 3.61. The summed E-state index contributed by atoms with van der Waals surface area (Å²) in [5.41, 5.74) is 1.52. The molecule has 0 aliphatic heterocycles. The first-order valence-electron chi connectivity index (χ1n) is 7.50. The molecule has 0 atom stereocenters. The van der Waals surface area contributed by atoms with E-state index in [2.05, 4.69) is 18.9 Å². The topological polar surface area (TPSA) is 40.5 Å². The summed E-state index contributed by atoms with van der Waals surface area (Å²) >= 11 is 0. The molecule has 1 aromatic carbocycles. The van der Waals surface area contributed by atoms with Gasteiger partial charge in [-0.2, -0.15) is 0 Å². The van der Waals surface area contributed by atoms with E-state index < -0.39 is 0 Å². The highest BCUT2D eigenvalue weighted by molar-refractivity contribution is 5.94. The van der Waals surface area contributed by atoms with Crippen LogP contribution in [-0.2, 0) is 6.54 Å². The van der Waals surface area contributed by atoms with Crippen LogP contribution in [-0.4, -0.2) is 28.9 Å². The minimum absolute atomic E-state index is 0.0420. The zero-order valence-corrected chi connectivity index (χ0v) is 12.7. The van der Waals surface area contributed by atoms with Crippen LogP contribution in [0.5, 0.6) is 5.75 Å². The Balaban J connectivity index is 2.05. The van der Waals surface area contributed by atoms with Gasteiger partial charge in [0.15, 0.2) is 5.78 Å². The van der Waals surface area contributed by atoms with Gasteiger partial charge in [0.2, 0.25) is 0 Å². The van der Waals surface area contributed by atoms with Crippen molar-refractivity contribution in [3.05, 3.63) is 29.3 Å². The van der Waals surface area contributed by atoms with Crippen LogP contribution in [0.3, 0.4) is 0 Å². The van der Waals surface area contributed by atoms with Crippen molar-refractivity contribution < 1.29 is 9.90 Å². The van der Waals surface area contributed by atoms with Gasteiger partial charge in [-0.25, -0.2) is 0 Å². The highest BCUT2D eigenvalue weighted by Gasteiger charge is 2.22. The molecule has 3 nitrogen and oxygen atoms in total. The number of nitrogens with zero attached hydrogens (tertiary/aromatic N) is 1. The molecule has 3 heteroatoms. The van der Waals surface area contributed by atoms with Gasteiger partial charge in [0.1, 0.15) is 5.75 Å². The predicted molar refractivity (Wildman–Crippen MR) is 81.0 cm³/mol. The highest BCUT2D eigenvalue weighted by atomic mass is 16.3. The normalized spacial score (nSPS) is 23.0. The smallest absolute Gasteiger partial charge is 0.159 e. The van der Waals surface area contributed by atoms with Gasteiger partial charge in [-0.05, 0) is 63.8 Å². The lowest BCUT2D eigenvalue weighted by atomic mass is 9.86. The van der Waals surface area contributed by atoms with Crippen molar-refractivity contribution >= 4 is 5.78 Å². The molecule has 1 saturated carbocycles. The molecule has 20 heavy (non-hydrogen) atoms. The molecule has 1 aliphatic carbocycles. The second kappa shape index (κ2) is 6.40. The Morgan fingerprint density at radius 2 is 1.95 bits per heavy atom. The van der Waals surface area contributed by atoms with Gasteiger partial charge in [0, 0.05) is 23.7 Å². The fourth-order valence-electron chi connectivity index (χ4n) is 3.01. The zero-order chi connectivity index (χ0) is 14.7. The van der Waals surface area contributed by atoms with Crippen molar-refractivity contribution in [1.82, 2.24) is 4.90 Å². The molecule has 0 spiro atoms. The number of hydrogen-bond acceptors (Lipinski definition) is 3. The number of benzene rings is 1. The van der Waals surface area contributed by atoms with Gasteiger partial charge >= 0.3 is 0 Å². The molecule has 0 aromatic heterocycles. The first-order chi connectivity index (χ1) is 9.47. The first kappa shape index (κ1) is 15.0. The van der Waals surface area contributed by atoms with Crippen LogP contribution in [0, 0.1) is 5.92 Å². The standard InChI is InChI=1S/C17H25NO2/c1-12-4-7-16(8-5-12)18(3)11-15-10-14(13(2)19)6-9-17(15)20/h6,9-10,12,16,20H,4-5,7-8,11H2,1-3H3. The number of carbonyl (C=O) groups is 1. The lowest BCUT2D eigenvalue weighted by molar-refractivity contribution is 0.101. The second-order valence-electron chi connectivity index (χ2n) is 6.23. The molecule has 2 rings (SSSR count). The number of Topliss-reactive ketones (excluding diaryl/α,β-unsaturated/α-hetero) is 1. The third kappa shape index (κ3) is 3.60. The van der Waals surface area contributed by atoms with Crippen LogP contribution in [0.25, 0.3) is 0 Å². The van der Waals surface area contributed by atoms with Crippen LogP contribution < -0.4 is 0 Å². The van der Waals surface area contributed by atoms with Crippen molar-refractivity contribution in [2.75, 3.05) is 7.05 Å². The van der Waals surface area contributed by atoms with E-state index in [1.54, 1.807) is 19.1 Å². The molecule has 0 saturated heterocycles. The number of carbonyl (C=O) groups excluding carboxylic acids is 1. The van der Waals surface area contributed by atoms with Gasteiger partial charge < -0.3 is 5.11 Å². The van der Waals surface area contributed by atoms with Crippen molar-refractivity contribution in [1.29, 1.82) is 0 Å². The largest absolute Gasteiger partial charge is 0.508 e. The van der Waals surface area contributed by atoms with E-state index in [0.29, 0.717) is 18.2 Å². The summed E-state index contributed by atoms with van der Waals surface area (Å²) in [6.45, 7) is 4.58. The van der Waals surface area contributed by atoms with Crippen molar-refractivity contribution in [3.8, 4) is 5.75 Å². The summed E-state index contributed by atoms with van der Waals surface area (Å²) in [6.07, 6.45) is 5.03. The Morgan fingerprint density at radius 1 is 1.30 bits per heavy atom. The van der Waals surface area contributed by atoms with E-state index in [1.807, 2.05) is 6.07 Å². The third-order valence-corrected chi connectivity index (χ3v) is 4.51. The quantitative estimate of drug-likeness (QED) is 0.853. The van der Waals surface area contributed by atoms with Crippen molar-refractivity contribution in [2.24, 2.45) is 5.92 Å². The fraction of sp³-hybridized carbons (Fsp3) is 0.588. The number of hydrogen-bond donors (Lipinski definition) is 1. The first-order valence-corrected chi connectivity index (χ1v) is 7.50. The third-order valence-electron chi connectivity index (χ3n) is 4.51. The molecule has 0 amide bonds. The summed E-state index contributed by atoms with van der Waals surface area (Å²) in [5.74, 6) is 1.17. The summed E-state index contributed by atoms with van der Waals surface area (Å²) in [4.78, 5) is 13.7. The molecule has 1 fully saturated rings. The Kier molecular flexibility index (Phi) is 4.81. The SMILES string of the molecule is CC(=O)c1ccc(O)c(CN(C)C2CCC(C)CC2)c1. The number of phenolic OH excluding ortho intramolecular Hbond substituents is 1. The van der Waals surface area contributed by atoms with Crippen LogP contribution in [0.1, 0.15) is 55.5 Å². The van der Waals surface area contributed by atoms with E-state index in [9.17, 15) is 9.90 Å². The molecule has 0 bridgehead atoms. The number of ketones is 1. The van der Waals surface area contributed by atoms with E-state index in [1.165, 1.54) is 25.7 Å². The average Bonchev–Trinajstić information content (AvgIpc) is 2.41. The number of aromatic hydroxyl groups is 1. The number of rotatable bonds is 4. The monoisotopic (exact) mass is 275 g/mol. The van der Waals surface area contributed by atoms with Gasteiger partial charge in [-0.15, -0.1) is 0 Å². The molecule has 1 aromatic rings. The van der Waals surface area contributed by atoms with E-state index in [4.69, 9.17) is 0 Å². The summed E-state index contributed by atoms with van der Waals surface area (Å²) in [5, 5.41) is 9.97. The maximum absolute atomic E-state index is 11.4. The molecule has 1 N–H and O–H groups in total. The highest BCUT2D eigenvalue weighted by Crippen LogP contribution is 2.28. The maximum atomic E-state index is 11.4. The maximum Gasteiger partial charge on any atom is 0.159 e. The Hall–Kier alpha value is -1.35. The molecule has 0 unspecified atom stereocenters.